The van der Waals surface area contributed by atoms with Crippen LogP contribution in [0.15, 0.2) is 18.2 Å². The number of nitrogens with one attached hydrogen (secondary N) is 1. The highest BCUT2D eigenvalue weighted by Crippen LogP contribution is 2.16. The van der Waals surface area contributed by atoms with Crippen LogP contribution in [0.4, 0.5) is 0 Å². The minimum absolute atomic E-state index is 0.101. The molecule has 1 aromatic rings. The normalized spacial score (nSPS) is 9.16. The monoisotopic (exact) mass is 261 g/mol. The topological polar surface area (TPSA) is 75.6 Å². The van der Waals surface area contributed by atoms with Crippen molar-refractivity contribution in [2.75, 3.05) is 13.7 Å². The van der Waals surface area contributed by atoms with Crippen molar-refractivity contribution in [3.63, 3.8) is 0 Å². The summed E-state index contributed by atoms with van der Waals surface area (Å²) in [6, 6.07) is 4.58. The predicted octanol–water partition coefficient (Wildman–Crippen LogP) is 1.27. The second-order valence-electron chi connectivity index (χ2n) is 3.79. The Morgan fingerprint density at radius 1 is 1.37 bits per heavy atom. The molecule has 2 N–H and O–H groups in total. The molecule has 0 fully saturated rings. The fourth-order valence-corrected chi connectivity index (χ4v) is 1.38. The molecule has 0 unspecified atom stereocenters. The Bertz CT molecular complexity index is 540. The Morgan fingerprint density at radius 3 is 2.68 bits per heavy atom. The van der Waals surface area contributed by atoms with Gasteiger partial charge in [-0.2, -0.15) is 0 Å². The van der Waals surface area contributed by atoms with Crippen LogP contribution in [0.1, 0.15) is 29.3 Å². The molecule has 0 aliphatic rings. The van der Waals surface area contributed by atoms with E-state index in [9.17, 15) is 9.59 Å². The molecule has 1 rings (SSSR count). The molecular weight excluding hydrogens is 246 g/mol. The number of carboxylic acid groups (broad SMARTS) is 1. The second kappa shape index (κ2) is 7.07. The first-order valence-corrected chi connectivity index (χ1v) is 5.68. The Hall–Kier alpha value is -2.48. The van der Waals surface area contributed by atoms with Crippen LogP contribution < -0.4 is 10.1 Å². The van der Waals surface area contributed by atoms with Gasteiger partial charge in [0, 0.05) is 25.5 Å². The third-order valence-electron chi connectivity index (χ3n) is 2.25. The van der Waals surface area contributed by atoms with Crippen molar-refractivity contribution < 1.29 is 19.4 Å². The highest BCUT2D eigenvalue weighted by molar-refractivity contribution is 5.88. The quantitative estimate of drug-likeness (QED) is 0.632. The summed E-state index contributed by atoms with van der Waals surface area (Å²) in [5, 5.41) is 11.6. The zero-order valence-corrected chi connectivity index (χ0v) is 10.8. The van der Waals surface area contributed by atoms with Gasteiger partial charge in [0.2, 0.25) is 5.91 Å². The van der Waals surface area contributed by atoms with E-state index >= 15 is 0 Å². The van der Waals surface area contributed by atoms with Crippen LogP contribution in [-0.4, -0.2) is 30.6 Å². The molecule has 100 valence electrons. The molecule has 0 bridgehead atoms. The molecule has 1 aromatic carbocycles. The third kappa shape index (κ3) is 5.13. The number of benzene rings is 1. The summed E-state index contributed by atoms with van der Waals surface area (Å²) in [6.07, 6.45) is 0.499. The smallest absolute Gasteiger partial charge is 0.335 e. The maximum atomic E-state index is 10.9. The number of aromatic carboxylic acids is 1. The zero-order chi connectivity index (χ0) is 14.3. The summed E-state index contributed by atoms with van der Waals surface area (Å²) in [6.45, 7) is 1.91. The molecule has 0 heterocycles. The maximum Gasteiger partial charge on any atom is 0.335 e. The molecular formula is C14H15NO4. The Balaban J connectivity index is 2.77. The molecule has 0 aliphatic carbocycles. The van der Waals surface area contributed by atoms with E-state index in [1.807, 2.05) is 0 Å². The zero-order valence-electron chi connectivity index (χ0n) is 10.8. The molecule has 19 heavy (non-hydrogen) atoms. The first kappa shape index (κ1) is 14.6. The van der Waals surface area contributed by atoms with E-state index in [4.69, 9.17) is 9.84 Å². The van der Waals surface area contributed by atoms with Gasteiger partial charge in [-0.05, 0) is 18.2 Å². The molecule has 0 saturated carbocycles. The second-order valence-corrected chi connectivity index (χ2v) is 3.79. The van der Waals surface area contributed by atoms with Crippen LogP contribution in [0, 0.1) is 11.8 Å². The van der Waals surface area contributed by atoms with Crippen LogP contribution in [0.5, 0.6) is 5.75 Å². The van der Waals surface area contributed by atoms with Gasteiger partial charge in [0.25, 0.3) is 0 Å². The van der Waals surface area contributed by atoms with Gasteiger partial charge in [-0.25, -0.2) is 4.79 Å². The summed E-state index contributed by atoms with van der Waals surface area (Å²) in [4.78, 5) is 21.6. The summed E-state index contributed by atoms with van der Waals surface area (Å²) >= 11 is 0. The lowest BCUT2D eigenvalue weighted by Crippen LogP contribution is -2.20. The number of rotatable bonds is 4. The fourth-order valence-electron chi connectivity index (χ4n) is 1.38. The van der Waals surface area contributed by atoms with E-state index in [2.05, 4.69) is 17.2 Å². The SMILES string of the molecule is COc1cc(C#CCCNC(C)=O)cc(C(=O)O)c1. The number of carbonyl (C=O) groups excluding carboxylic acids is 1. The number of methoxy groups -OCH3 is 1. The van der Waals surface area contributed by atoms with Crippen molar-refractivity contribution in [2.45, 2.75) is 13.3 Å². The first-order chi connectivity index (χ1) is 9.02. The largest absolute Gasteiger partial charge is 0.497 e. The summed E-state index contributed by atoms with van der Waals surface area (Å²) < 4.78 is 5.02. The van der Waals surface area contributed by atoms with Gasteiger partial charge < -0.3 is 15.2 Å². The van der Waals surface area contributed by atoms with Crippen LogP contribution in [0.3, 0.4) is 0 Å². The van der Waals surface area contributed by atoms with Crippen molar-refractivity contribution in [1.82, 2.24) is 5.32 Å². The number of hydrogen-bond donors (Lipinski definition) is 2. The molecule has 0 spiro atoms. The highest BCUT2D eigenvalue weighted by atomic mass is 16.5. The van der Waals surface area contributed by atoms with Crippen LogP contribution in [0.25, 0.3) is 0 Å². The molecule has 0 aromatic heterocycles. The van der Waals surface area contributed by atoms with E-state index in [0.29, 0.717) is 24.3 Å². The third-order valence-corrected chi connectivity index (χ3v) is 2.25. The number of hydrogen-bond acceptors (Lipinski definition) is 3. The van der Waals surface area contributed by atoms with E-state index in [1.54, 1.807) is 6.07 Å². The fraction of sp³-hybridized carbons (Fsp3) is 0.286. The molecule has 1 amide bonds. The van der Waals surface area contributed by atoms with Crippen LogP contribution in [-0.2, 0) is 4.79 Å². The number of ether oxygens (including phenoxy) is 1. The Labute approximate surface area is 111 Å². The minimum atomic E-state index is -1.03. The maximum absolute atomic E-state index is 10.9. The lowest BCUT2D eigenvalue weighted by atomic mass is 10.1. The molecule has 0 aliphatic heterocycles. The van der Waals surface area contributed by atoms with Crippen LogP contribution >= 0.6 is 0 Å². The van der Waals surface area contributed by atoms with E-state index < -0.39 is 5.97 Å². The molecule has 5 nitrogen and oxygen atoms in total. The summed E-state index contributed by atoms with van der Waals surface area (Å²) in [7, 11) is 1.47. The van der Waals surface area contributed by atoms with Crippen molar-refractivity contribution in [3.8, 4) is 17.6 Å². The van der Waals surface area contributed by atoms with E-state index in [0.717, 1.165) is 0 Å². The molecule has 0 saturated heterocycles. The molecule has 5 heteroatoms. The lowest BCUT2D eigenvalue weighted by Gasteiger charge is -2.02. The predicted molar refractivity (Wildman–Crippen MR) is 70.1 cm³/mol. The Morgan fingerprint density at radius 2 is 2.11 bits per heavy atom. The number of carboxylic acids is 1. The van der Waals surface area contributed by atoms with Gasteiger partial charge >= 0.3 is 5.97 Å². The first-order valence-electron chi connectivity index (χ1n) is 5.68. The number of carbonyl (C=O) groups is 2. The van der Waals surface area contributed by atoms with Crippen molar-refractivity contribution in [2.24, 2.45) is 0 Å². The van der Waals surface area contributed by atoms with Gasteiger partial charge in [0.1, 0.15) is 5.75 Å². The van der Waals surface area contributed by atoms with E-state index in [1.165, 1.54) is 26.2 Å². The van der Waals surface area contributed by atoms with Gasteiger partial charge in [0.15, 0.2) is 0 Å². The number of amides is 1. The van der Waals surface area contributed by atoms with Crippen molar-refractivity contribution in [1.29, 1.82) is 0 Å². The standard InChI is InChI=1S/C14H15NO4/c1-10(16)15-6-4-3-5-11-7-12(14(17)18)9-13(8-11)19-2/h7-9H,4,6H2,1-2H3,(H,15,16)(H,17,18). The van der Waals surface area contributed by atoms with Gasteiger partial charge in [-0.1, -0.05) is 11.8 Å². The van der Waals surface area contributed by atoms with Gasteiger partial charge in [-0.3, -0.25) is 4.79 Å². The van der Waals surface area contributed by atoms with Gasteiger partial charge in [-0.15, -0.1) is 0 Å². The minimum Gasteiger partial charge on any atom is -0.497 e. The Kier molecular flexibility index (Phi) is 5.42. The van der Waals surface area contributed by atoms with Crippen molar-refractivity contribution in [3.05, 3.63) is 29.3 Å². The van der Waals surface area contributed by atoms with Crippen molar-refractivity contribution >= 4 is 11.9 Å². The average Bonchev–Trinajstić information content (AvgIpc) is 2.37. The molecule has 0 atom stereocenters. The van der Waals surface area contributed by atoms with Crippen LogP contribution in [0.2, 0.25) is 0 Å². The lowest BCUT2D eigenvalue weighted by molar-refractivity contribution is -0.118. The average molecular weight is 261 g/mol. The van der Waals surface area contributed by atoms with E-state index in [-0.39, 0.29) is 11.5 Å². The summed E-state index contributed by atoms with van der Waals surface area (Å²) in [5.74, 6) is 5.03. The highest BCUT2D eigenvalue weighted by Gasteiger charge is 2.06. The van der Waals surface area contributed by atoms with Gasteiger partial charge in [0.05, 0.1) is 12.7 Å². The summed E-state index contributed by atoms with van der Waals surface area (Å²) in [5.41, 5.74) is 0.699. The molecule has 0 radical (unpaired) electrons.